The second-order valence-corrected chi connectivity index (χ2v) is 5.45. The van der Waals surface area contributed by atoms with Gasteiger partial charge in [-0.2, -0.15) is 0 Å². The average molecular weight is 239 g/mol. The maximum Gasteiger partial charge on any atom is 0.228 e. The van der Waals surface area contributed by atoms with Crippen LogP contribution in [0.15, 0.2) is 5.38 Å². The van der Waals surface area contributed by atoms with E-state index in [1.54, 1.807) is 0 Å². The van der Waals surface area contributed by atoms with Gasteiger partial charge in [0.2, 0.25) is 5.91 Å². The van der Waals surface area contributed by atoms with Crippen LogP contribution in [0.1, 0.15) is 37.8 Å². The van der Waals surface area contributed by atoms with E-state index in [-0.39, 0.29) is 11.4 Å². The maximum atomic E-state index is 11.8. The molecule has 0 spiro atoms. The van der Waals surface area contributed by atoms with Crippen molar-refractivity contribution < 1.29 is 4.79 Å². The molecule has 88 valence electrons. The largest absolute Gasteiger partial charge is 0.325 e. The number of anilines is 1. The molecule has 0 saturated heterocycles. The van der Waals surface area contributed by atoms with Gasteiger partial charge >= 0.3 is 0 Å². The summed E-state index contributed by atoms with van der Waals surface area (Å²) in [7, 11) is 0. The topological polar surface area (TPSA) is 68.0 Å². The summed E-state index contributed by atoms with van der Waals surface area (Å²) in [5, 5.41) is 5.39. The number of hydrogen-bond donors (Lipinski definition) is 2. The van der Waals surface area contributed by atoms with Crippen molar-refractivity contribution in [2.75, 3.05) is 5.32 Å². The number of carbonyl (C=O) groups excluding carboxylic acids is 1. The number of amides is 1. The highest BCUT2D eigenvalue weighted by molar-refractivity contribution is 7.13. The van der Waals surface area contributed by atoms with Gasteiger partial charge in [0, 0.05) is 17.3 Å². The number of rotatable bonds is 3. The Morgan fingerprint density at radius 1 is 1.62 bits per heavy atom. The molecular formula is C11H17N3OS. The first-order chi connectivity index (χ1) is 7.57. The van der Waals surface area contributed by atoms with Crippen molar-refractivity contribution in [1.29, 1.82) is 0 Å². The summed E-state index contributed by atoms with van der Waals surface area (Å²) >= 11 is 1.45. The van der Waals surface area contributed by atoms with Gasteiger partial charge in [0.1, 0.15) is 0 Å². The van der Waals surface area contributed by atoms with Crippen molar-refractivity contribution in [2.24, 2.45) is 5.73 Å². The first-order valence-electron chi connectivity index (χ1n) is 5.58. The van der Waals surface area contributed by atoms with Gasteiger partial charge < -0.3 is 11.1 Å². The Bertz CT molecular complexity index is 382. The lowest BCUT2D eigenvalue weighted by atomic mass is 9.94. The zero-order valence-corrected chi connectivity index (χ0v) is 10.3. The van der Waals surface area contributed by atoms with Gasteiger partial charge in [-0.05, 0) is 19.8 Å². The quantitative estimate of drug-likeness (QED) is 0.848. The molecule has 16 heavy (non-hydrogen) atoms. The van der Waals surface area contributed by atoms with Crippen LogP contribution in [0.4, 0.5) is 5.13 Å². The van der Waals surface area contributed by atoms with E-state index < -0.39 is 0 Å². The third-order valence-electron chi connectivity index (χ3n) is 2.98. The minimum atomic E-state index is -0.281. The Balaban J connectivity index is 1.89. The van der Waals surface area contributed by atoms with Crippen LogP contribution in [0.5, 0.6) is 0 Å². The van der Waals surface area contributed by atoms with Gasteiger partial charge in [0.05, 0.1) is 5.69 Å². The van der Waals surface area contributed by atoms with E-state index in [1.165, 1.54) is 11.3 Å². The van der Waals surface area contributed by atoms with Crippen LogP contribution < -0.4 is 11.1 Å². The third-order valence-corrected chi connectivity index (χ3v) is 3.85. The van der Waals surface area contributed by atoms with Gasteiger partial charge in [0.15, 0.2) is 5.13 Å². The second kappa shape index (κ2) is 4.51. The van der Waals surface area contributed by atoms with Gasteiger partial charge in [-0.25, -0.2) is 4.98 Å². The number of nitrogens with zero attached hydrogens (tertiary/aromatic N) is 1. The summed E-state index contributed by atoms with van der Waals surface area (Å²) in [6, 6.07) is 0. The highest BCUT2D eigenvalue weighted by atomic mass is 32.1. The lowest BCUT2D eigenvalue weighted by Crippen LogP contribution is -2.40. The normalized spacial score (nSPS) is 18.6. The number of thiazole rings is 1. The average Bonchev–Trinajstić information content (AvgIpc) is 2.75. The van der Waals surface area contributed by atoms with E-state index in [0.717, 1.165) is 31.4 Å². The van der Waals surface area contributed by atoms with Gasteiger partial charge in [-0.1, -0.05) is 12.8 Å². The zero-order chi connectivity index (χ0) is 11.6. The first kappa shape index (κ1) is 11.5. The fourth-order valence-electron chi connectivity index (χ4n) is 2.15. The summed E-state index contributed by atoms with van der Waals surface area (Å²) in [5.41, 5.74) is 6.79. The Kier molecular flexibility index (Phi) is 3.25. The van der Waals surface area contributed by atoms with Gasteiger partial charge in [-0.3, -0.25) is 4.79 Å². The molecule has 0 atom stereocenters. The van der Waals surface area contributed by atoms with Gasteiger partial charge in [0.25, 0.3) is 0 Å². The molecular weight excluding hydrogens is 222 g/mol. The lowest BCUT2D eigenvalue weighted by Gasteiger charge is -2.22. The maximum absolute atomic E-state index is 11.8. The van der Waals surface area contributed by atoms with Crippen molar-refractivity contribution in [1.82, 2.24) is 4.98 Å². The van der Waals surface area contributed by atoms with E-state index in [9.17, 15) is 4.79 Å². The predicted molar refractivity (Wildman–Crippen MR) is 65.5 cm³/mol. The molecule has 1 aliphatic carbocycles. The van der Waals surface area contributed by atoms with Crippen molar-refractivity contribution in [3.63, 3.8) is 0 Å². The molecule has 1 fully saturated rings. The smallest absolute Gasteiger partial charge is 0.228 e. The molecule has 0 aromatic carbocycles. The molecule has 1 amide bonds. The standard InChI is InChI=1S/C11H17N3OS/c1-8-7-16-10(13-8)14-9(15)6-11(12)4-2-3-5-11/h7H,2-6,12H2,1H3,(H,13,14,15). The molecule has 0 radical (unpaired) electrons. The molecule has 1 aromatic heterocycles. The number of aromatic nitrogens is 1. The predicted octanol–water partition coefficient (Wildman–Crippen LogP) is 2.05. The first-order valence-corrected chi connectivity index (χ1v) is 6.46. The summed E-state index contributed by atoms with van der Waals surface area (Å²) in [6.07, 6.45) is 4.60. The zero-order valence-electron chi connectivity index (χ0n) is 9.45. The van der Waals surface area contributed by atoms with Crippen LogP contribution >= 0.6 is 11.3 Å². The molecule has 1 aliphatic rings. The molecule has 0 unspecified atom stereocenters. The number of nitrogens with two attached hydrogens (primary N) is 1. The molecule has 1 heterocycles. The van der Waals surface area contributed by atoms with Gasteiger partial charge in [-0.15, -0.1) is 11.3 Å². The van der Waals surface area contributed by atoms with E-state index in [0.29, 0.717) is 11.6 Å². The van der Waals surface area contributed by atoms with Crippen LogP contribution in [0.3, 0.4) is 0 Å². The molecule has 4 nitrogen and oxygen atoms in total. The van der Waals surface area contributed by atoms with Crippen LogP contribution in [-0.2, 0) is 4.79 Å². The molecule has 3 N–H and O–H groups in total. The molecule has 1 saturated carbocycles. The monoisotopic (exact) mass is 239 g/mol. The third kappa shape index (κ3) is 2.80. The number of carbonyl (C=O) groups is 1. The minimum Gasteiger partial charge on any atom is -0.325 e. The fourth-order valence-corrected chi connectivity index (χ4v) is 2.85. The highest BCUT2D eigenvalue weighted by Gasteiger charge is 2.31. The van der Waals surface area contributed by atoms with E-state index in [4.69, 9.17) is 5.73 Å². The molecule has 0 aliphatic heterocycles. The SMILES string of the molecule is Cc1csc(NC(=O)CC2(N)CCCC2)n1. The Hall–Kier alpha value is -0.940. The van der Waals surface area contributed by atoms with E-state index in [2.05, 4.69) is 10.3 Å². The molecule has 1 aromatic rings. The van der Waals surface area contributed by atoms with Crippen LogP contribution in [-0.4, -0.2) is 16.4 Å². The Morgan fingerprint density at radius 3 is 2.88 bits per heavy atom. The second-order valence-electron chi connectivity index (χ2n) is 4.59. The summed E-state index contributed by atoms with van der Waals surface area (Å²) in [5.74, 6) is -0.0150. The van der Waals surface area contributed by atoms with Crippen LogP contribution in [0.25, 0.3) is 0 Å². The molecule has 2 rings (SSSR count). The Labute approximate surface area is 99.3 Å². The minimum absolute atomic E-state index is 0.0150. The highest BCUT2D eigenvalue weighted by Crippen LogP contribution is 2.30. The van der Waals surface area contributed by atoms with Crippen molar-refractivity contribution in [2.45, 2.75) is 44.6 Å². The summed E-state index contributed by atoms with van der Waals surface area (Å²) in [4.78, 5) is 16.0. The van der Waals surface area contributed by atoms with Crippen LogP contribution in [0.2, 0.25) is 0 Å². The fraction of sp³-hybridized carbons (Fsp3) is 0.636. The summed E-state index contributed by atoms with van der Waals surface area (Å²) in [6.45, 7) is 1.91. The van der Waals surface area contributed by atoms with Crippen LogP contribution in [0, 0.1) is 6.92 Å². The number of aryl methyl sites for hydroxylation is 1. The molecule has 0 bridgehead atoms. The van der Waals surface area contributed by atoms with Crippen molar-refractivity contribution in [3.05, 3.63) is 11.1 Å². The lowest BCUT2D eigenvalue weighted by molar-refractivity contribution is -0.117. The van der Waals surface area contributed by atoms with Crippen molar-refractivity contribution in [3.8, 4) is 0 Å². The van der Waals surface area contributed by atoms with E-state index >= 15 is 0 Å². The Morgan fingerprint density at radius 2 is 2.31 bits per heavy atom. The molecule has 5 heteroatoms. The summed E-state index contributed by atoms with van der Waals surface area (Å²) < 4.78 is 0. The van der Waals surface area contributed by atoms with Crippen molar-refractivity contribution >= 4 is 22.4 Å². The number of hydrogen-bond acceptors (Lipinski definition) is 4. The van der Waals surface area contributed by atoms with E-state index in [1.807, 2.05) is 12.3 Å². The number of nitrogens with one attached hydrogen (secondary N) is 1.